The summed E-state index contributed by atoms with van der Waals surface area (Å²) in [5.41, 5.74) is -0.196. The van der Waals surface area contributed by atoms with Gasteiger partial charge in [0.15, 0.2) is 10.3 Å². The van der Waals surface area contributed by atoms with Crippen LogP contribution in [-0.2, 0) is 12.7 Å². The Bertz CT molecular complexity index is 956. The predicted octanol–water partition coefficient (Wildman–Crippen LogP) is 4.31. The lowest BCUT2D eigenvalue weighted by atomic mass is 10.2. The van der Waals surface area contributed by atoms with Crippen molar-refractivity contribution in [2.75, 3.05) is 0 Å². The van der Waals surface area contributed by atoms with Crippen LogP contribution in [0.15, 0.2) is 40.9 Å². The third-order valence-corrected chi connectivity index (χ3v) is 4.38. The Hall–Kier alpha value is -2.69. The highest BCUT2D eigenvalue weighted by atomic mass is 32.2. The Morgan fingerprint density at radius 3 is 2.54 bits per heavy atom. The zero-order valence-electron chi connectivity index (χ0n) is 13.4. The van der Waals surface area contributed by atoms with Crippen LogP contribution < -0.4 is 0 Å². The molecule has 3 rings (SSSR count). The van der Waals surface area contributed by atoms with E-state index in [0.717, 1.165) is 36.3 Å². The lowest BCUT2D eigenvalue weighted by Crippen LogP contribution is -2.05. The molecule has 11 heteroatoms. The standard InChI is InChI=1S/C15H12F3N5O2S/c1-2-5-22-12-6-9(15(16,17)18)3-4-11(12)21-14(22)26-13-19-7-10(8-20-13)23(24)25/h3-4,6-8H,2,5H2,1H3. The monoisotopic (exact) mass is 383 g/mol. The maximum absolute atomic E-state index is 13.0. The number of rotatable bonds is 5. The Kier molecular flexibility index (Phi) is 4.81. The first-order chi connectivity index (χ1) is 12.3. The molecular weight excluding hydrogens is 371 g/mol. The summed E-state index contributed by atoms with van der Waals surface area (Å²) in [6.07, 6.45) is -1.60. The largest absolute Gasteiger partial charge is 0.416 e. The molecule has 26 heavy (non-hydrogen) atoms. The number of fused-ring (bicyclic) bond motifs is 1. The molecule has 3 aromatic rings. The zero-order chi connectivity index (χ0) is 18.9. The number of alkyl halides is 3. The summed E-state index contributed by atoms with van der Waals surface area (Å²) in [5.74, 6) is 0. The van der Waals surface area contributed by atoms with Crippen molar-refractivity contribution in [3.05, 3.63) is 46.3 Å². The van der Waals surface area contributed by atoms with E-state index in [9.17, 15) is 23.3 Å². The second-order valence-electron chi connectivity index (χ2n) is 5.33. The number of hydrogen-bond acceptors (Lipinski definition) is 6. The number of nitrogens with zero attached hydrogens (tertiary/aromatic N) is 5. The van der Waals surface area contributed by atoms with Crippen LogP contribution in [0, 0.1) is 10.1 Å². The molecule has 0 unspecified atom stereocenters. The summed E-state index contributed by atoms with van der Waals surface area (Å²) < 4.78 is 40.6. The summed E-state index contributed by atoms with van der Waals surface area (Å²) in [6, 6.07) is 3.38. The van der Waals surface area contributed by atoms with Gasteiger partial charge in [0.1, 0.15) is 12.4 Å². The van der Waals surface area contributed by atoms with Gasteiger partial charge in [0, 0.05) is 6.54 Å². The van der Waals surface area contributed by atoms with E-state index < -0.39 is 16.7 Å². The van der Waals surface area contributed by atoms with Gasteiger partial charge < -0.3 is 4.57 Å². The number of nitro groups is 1. The van der Waals surface area contributed by atoms with E-state index >= 15 is 0 Å². The predicted molar refractivity (Wildman–Crippen MR) is 87.8 cm³/mol. The second-order valence-corrected chi connectivity index (χ2v) is 6.26. The number of benzene rings is 1. The molecule has 7 nitrogen and oxygen atoms in total. The van der Waals surface area contributed by atoms with E-state index in [0.29, 0.717) is 29.2 Å². The van der Waals surface area contributed by atoms with Crippen molar-refractivity contribution in [2.24, 2.45) is 0 Å². The van der Waals surface area contributed by atoms with Crippen molar-refractivity contribution in [1.82, 2.24) is 19.5 Å². The van der Waals surface area contributed by atoms with Gasteiger partial charge in [0.25, 0.3) is 0 Å². The van der Waals surface area contributed by atoms with Crippen molar-refractivity contribution >= 4 is 28.5 Å². The fourth-order valence-electron chi connectivity index (χ4n) is 2.33. The van der Waals surface area contributed by atoms with Crippen molar-refractivity contribution in [2.45, 2.75) is 36.4 Å². The first kappa shape index (κ1) is 18.1. The van der Waals surface area contributed by atoms with Gasteiger partial charge in [-0.1, -0.05) is 6.92 Å². The second kappa shape index (κ2) is 6.90. The third-order valence-electron chi connectivity index (χ3n) is 3.50. The van der Waals surface area contributed by atoms with E-state index in [1.807, 2.05) is 6.92 Å². The summed E-state index contributed by atoms with van der Waals surface area (Å²) in [4.78, 5) is 22.2. The van der Waals surface area contributed by atoms with Crippen molar-refractivity contribution in [3.8, 4) is 0 Å². The minimum absolute atomic E-state index is 0.222. The molecule has 1 aromatic carbocycles. The van der Waals surface area contributed by atoms with Crippen molar-refractivity contribution in [3.63, 3.8) is 0 Å². The first-order valence-corrected chi connectivity index (χ1v) is 8.33. The maximum atomic E-state index is 13.0. The number of halogens is 3. The van der Waals surface area contributed by atoms with Gasteiger partial charge in [-0.2, -0.15) is 13.2 Å². The molecule has 0 atom stereocenters. The molecule has 0 saturated heterocycles. The quantitative estimate of drug-likeness (QED) is 0.371. The highest BCUT2D eigenvalue weighted by molar-refractivity contribution is 7.99. The molecule has 0 spiro atoms. The number of imidazole rings is 1. The van der Waals surface area contributed by atoms with Gasteiger partial charge in [-0.15, -0.1) is 0 Å². The molecule has 0 amide bonds. The van der Waals surface area contributed by atoms with Crippen LogP contribution in [0.3, 0.4) is 0 Å². The number of aromatic nitrogens is 4. The van der Waals surface area contributed by atoms with Gasteiger partial charge in [0.05, 0.1) is 21.5 Å². The molecule has 2 aromatic heterocycles. The minimum atomic E-state index is -4.44. The van der Waals surface area contributed by atoms with Crippen LogP contribution in [-0.4, -0.2) is 24.4 Å². The number of hydrogen-bond donors (Lipinski definition) is 0. The Balaban J connectivity index is 2.01. The van der Waals surface area contributed by atoms with E-state index in [1.54, 1.807) is 4.57 Å². The van der Waals surface area contributed by atoms with Crippen molar-refractivity contribution < 1.29 is 18.1 Å². The SMILES string of the molecule is CCCn1c(Sc2ncc([N+](=O)[O-])cn2)nc2ccc(C(F)(F)F)cc21. The van der Waals surface area contributed by atoms with Gasteiger partial charge >= 0.3 is 11.9 Å². The normalized spacial score (nSPS) is 11.8. The molecule has 0 aliphatic rings. The summed E-state index contributed by atoms with van der Waals surface area (Å²) in [5, 5.41) is 11.3. The molecule has 0 N–H and O–H groups in total. The van der Waals surface area contributed by atoms with E-state index in [-0.39, 0.29) is 10.8 Å². The maximum Gasteiger partial charge on any atom is 0.416 e. The molecule has 0 aliphatic carbocycles. The van der Waals surface area contributed by atoms with Crippen LogP contribution in [0.2, 0.25) is 0 Å². The van der Waals surface area contributed by atoms with Crippen molar-refractivity contribution in [1.29, 1.82) is 0 Å². The molecular formula is C15H12F3N5O2S. The summed E-state index contributed by atoms with van der Waals surface area (Å²) >= 11 is 1.04. The first-order valence-electron chi connectivity index (χ1n) is 7.51. The Morgan fingerprint density at radius 1 is 1.27 bits per heavy atom. The molecule has 0 saturated carbocycles. The topological polar surface area (TPSA) is 86.7 Å². The van der Waals surface area contributed by atoms with Crippen LogP contribution in [0.5, 0.6) is 0 Å². The van der Waals surface area contributed by atoms with Gasteiger partial charge in [-0.05, 0) is 36.4 Å². The fraction of sp³-hybridized carbons (Fsp3) is 0.267. The Labute approximate surface area is 149 Å². The van der Waals surface area contributed by atoms with Crippen LogP contribution in [0.1, 0.15) is 18.9 Å². The molecule has 2 heterocycles. The summed E-state index contributed by atoms with van der Waals surface area (Å²) in [7, 11) is 0. The molecule has 0 bridgehead atoms. The molecule has 0 fully saturated rings. The average Bonchev–Trinajstić information content (AvgIpc) is 2.92. The third kappa shape index (κ3) is 3.62. The molecule has 0 radical (unpaired) electrons. The summed E-state index contributed by atoms with van der Waals surface area (Å²) in [6.45, 7) is 2.36. The molecule has 0 aliphatic heterocycles. The lowest BCUT2D eigenvalue weighted by molar-refractivity contribution is -0.385. The van der Waals surface area contributed by atoms with Gasteiger partial charge in [-0.25, -0.2) is 15.0 Å². The van der Waals surface area contributed by atoms with E-state index in [1.165, 1.54) is 6.07 Å². The highest BCUT2D eigenvalue weighted by Gasteiger charge is 2.31. The lowest BCUT2D eigenvalue weighted by Gasteiger charge is -2.09. The fourth-order valence-corrected chi connectivity index (χ4v) is 3.15. The smallest absolute Gasteiger partial charge is 0.319 e. The van der Waals surface area contributed by atoms with Gasteiger partial charge in [-0.3, -0.25) is 10.1 Å². The van der Waals surface area contributed by atoms with Crippen LogP contribution in [0.4, 0.5) is 18.9 Å². The van der Waals surface area contributed by atoms with E-state index in [4.69, 9.17) is 0 Å². The zero-order valence-corrected chi connectivity index (χ0v) is 14.2. The van der Waals surface area contributed by atoms with Crippen LogP contribution >= 0.6 is 11.8 Å². The highest BCUT2D eigenvalue weighted by Crippen LogP contribution is 2.34. The average molecular weight is 383 g/mol. The van der Waals surface area contributed by atoms with Gasteiger partial charge in [0.2, 0.25) is 0 Å². The molecule has 136 valence electrons. The Morgan fingerprint density at radius 2 is 1.96 bits per heavy atom. The minimum Gasteiger partial charge on any atom is -0.319 e. The number of aryl methyl sites for hydroxylation is 1. The van der Waals surface area contributed by atoms with Crippen LogP contribution in [0.25, 0.3) is 11.0 Å². The van der Waals surface area contributed by atoms with E-state index in [2.05, 4.69) is 15.0 Å².